The number of hydrogen-bond donors (Lipinski definition) is 4. The number of H-pyrrole nitrogens is 2. The van der Waals surface area contributed by atoms with E-state index in [1.165, 1.54) is 248 Å². The number of aliphatic hydroxyl groups excluding tert-OH is 1. The number of aliphatic hydroxyl groups is 1. The number of rotatable bonds is 77. The monoisotopic (exact) mass is 1980 g/mol. The molecule has 2 aliphatic rings. The fourth-order valence-corrected chi connectivity index (χ4v) is 22.3. The summed E-state index contributed by atoms with van der Waals surface area (Å²) < 4.78 is 79.0. The van der Waals surface area contributed by atoms with Gasteiger partial charge in [0.05, 0.1) is 59.7 Å². The standard InChI is InChI=1S/C114H176N5O19PSi/c1-12-15-18-21-24-27-30-33-36-39-42-45-48-51-54-60-77-130-96-81-90(82-97(131-78-61-55-52-49-46-43-40-37-34-31-28-25-22-19-16-13-2)103(96)132-79-62-56-53-50-47-44-41-38-35-32-29-26-23-20-17-14-3)83-112(85-102(122)123,113(139-134-80-63-75-115)84-101(136-99(113)87-120)119-86-89(4)106(124)117-110(119)127)108(125)137-104-98(135-107(118-76-74-100(121)116-109(118)126)105(104)138-140(10,11)111(5,6)7)88-133-114(91-64-58-57-59-65-91,92-66-70-94(128-8)71-67-92)93-68-72-95(129-9)73-69-93/h57-59,64-74,76,81-82,86,98-99,101,104-105,107,120H,12-56,60-63,77-80,83-85,87-88H2,1-11H3,(H2-,116,117,121,122,123,124,126,127)/p+1/t98-,99-,101-,104-,105-,107-,112?,113-/m1/s1. The second kappa shape index (κ2) is 64.5. The van der Waals surface area contributed by atoms with Crippen molar-refractivity contribution in [2.45, 2.75) is 448 Å². The van der Waals surface area contributed by atoms with Gasteiger partial charge in [-0.15, -0.1) is 0 Å². The number of nitrogens with zero attached hydrogens (tertiary/aromatic N) is 3. The summed E-state index contributed by atoms with van der Waals surface area (Å²) in [7, 11) is -0.262. The lowest BCUT2D eigenvalue weighted by atomic mass is 9.65. The van der Waals surface area contributed by atoms with Gasteiger partial charge in [0.15, 0.2) is 37.3 Å². The first-order valence-electron chi connectivity index (χ1n) is 54.3. The summed E-state index contributed by atoms with van der Waals surface area (Å²) in [6.45, 7) is 17.6. The maximum Gasteiger partial charge on any atom is 0.404 e. The van der Waals surface area contributed by atoms with Crippen LogP contribution in [0.2, 0.25) is 18.1 Å². The minimum atomic E-state index is -3.24. The Morgan fingerprint density at radius 2 is 0.964 bits per heavy atom. The molecule has 2 aliphatic heterocycles. The summed E-state index contributed by atoms with van der Waals surface area (Å²) in [5, 5.41) is 32.2. The second-order valence-electron chi connectivity index (χ2n) is 41.0. The van der Waals surface area contributed by atoms with Crippen LogP contribution in [0.5, 0.6) is 28.7 Å². The molecular weight excluding hydrogens is 1800 g/mol. The number of aryl methyl sites for hydroxylation is 1. The summed E-state index contributed by atoms with van der Waals surface area (Å²) in [5.41, 5.74) is -4.90. The van der Waals surface area contributed by atoms with E-state index in [1.54, 1.807) is 26.4 Å². The van der Waals surface area contributed by atoms with E-state index in [0.717, 1.165) is 81.6 Å². The first-order valence-corrected chi connectivity index (χ1v) is 58.0. The number of hydrogen-bond acceptors (Lipinski definition) is 18. The molecule has 0 bridgehead atoms. The minimum absolute atomic E-state index is 0.121. The van der Waals surface area contributed by atoms with E-state index in [0.29, 0.717) is 70.4 Å². The maximum atomic E-state index is 18.2. The third kappa shape index (κ3) is 37.1. The van der Waals surface area contributed by atoms with Crippen molar-refractivity contribution in [3.05, 3.63) is 179 Å². The van der Waals surface area contributed by atoms with Crippen LogP contribution in [0.15, 0.2) is 129 Å². The largest absolute Gasteiger partial charge is 0.497 e. The van der Waals surface area contributed by atoms with Gasteiger partial charge in [-0.3, -0.25) is 38.3 Å². The number of unbranched alkanes of at least 4 members (excludes halogenated alkanes) is 45. The number of nitrogens with one attached hydrogen (secondary N) is 2. The second-order valence-corrected chi connectivity index (χ2v) is 47.0. The number of carboxylic acids is 1. The zero-order valence-corrected chi connectivity index (χ0v) is 89.4. The van der Waals surface area contributed by atoms with Crippen molar-refractivity contribution < 1.29 is 71.1 Å². The van der Waals surface area contributed by atoms with Gasteiger partial charge >= 0.3 is 31.8 Å². The molecular formula is C114H177N5O19PSi+. The van der Waals surface area contributed by atoms with Crippen molar-refractivity contribution in [2.75, 3.05) is 53.9 Å². The molecule has 0 amide bonds. The molecule has 0 saturated carbocycles. The highest BCUT2D eigenvalue weighted by atomic mass is 31.1. The van der Waals surface area contributed by atoms with Gasteiger partial charge in [-0.05, 0) is 109 Å². The molecule has 4 heterocycles. The van der Waals surface area contributed by atoms with Crippen molar-refractivity contribution in [3.8, 4) is 34.8 Å². The molecule has 780 valence electrons. The van der Waals surface area contributed by atoms with E-state index in [-0.39, 0.29) is 40.3 Å². The number of aromatic nitrogens is 4. The molecule has 4 N–H and O–H groups in total. The molecule has 2 fully saturated rings. The predicted molar refractivity (Wildman–Crippen MR) is 563 cm³/mol. The van der Waals surface area contributed by atoms with Crippen molar-refractivity contribution in [1.82, 2.24) is 19.1 Å². The zero-order chi connectivity index (χ0) is 101. The Hall–Kier alpha value is -8.21. The van der Waals surface area contributed by atoms with E-state index in [4.69, 9.17) is 51.3 Å². The maximum absolute atomic E-state index is 18.2. The third-order valence-corrected chi connectivity index (χ3v) is 35.0. The summed E-state index contributed by atoms with van der Waals surface area (Å²) in [6, 6.07) is 31.3. The van der Waals surface area contributed by atoms with Crippen LogP contribution in [0.3, 0.4) is 0 Å². The Morgan fingerprint density at radius 3 is 1.36 bits per heavy atom. The number of carbonyl (C=O) groups excluding carboxylic acids is 1. The summed E-state index contributed by atoms with van der Waals surface area (Å²) >= 11 is 0. The highest BCUT2D eigenvalue weighted by Crippen LogP contribution is 2.61. The normalized spacial score (nSPS) is 17.7. The van der Waals surface area contributed by atoms with E-state index >= 15 is 9.59 Å². The Kier molecular flexibility index (Phi) is 53.9. The molecule has 8 atom stereocenters. The van der Waals surface area contributed by atoms with E-state index < -0.39 is 133 Å². The number of methoxy groups -OCH3 is 2. The number of aromatic amines is 2. The molecule has 2 saturated heterocycles. The highest BCUT2D eigenvalue weighted by Gasteiger charge is 2.71. The fourth-order valence-electron chi connectivity index (χ4n) is 19.7. The zero-order valence-electron chi connectivity index (χ0n) is 87.5. The molecule has 0 spiro atoms. The van der Waals surface area contributed by atoms with E-state index in [9.17, 15) is 34.7 Å². The molecule has 24 nitrogen and oxygen atoms in total. The molecule has 0 aliphatic carbocycles. The van der Waals surface area contributed by atoms with Crippen molar-refractivity contribution >= 4 is 28.7 Å². The third-order valence-electron chi connectivity index (χ3n) is 29.0. The van der Waals surface area contributed by atoms with Gasteiger partial charge in [0.25, 0.3) is 17.7 Å². The quantitative estimate of drug-likeness (QED) is 0.00688. The molecule has 6 aromatic rings. The lowest BCUT2D eigenvalue weighted by Crippen LogP contribution is -2.60. The summed E-state index contributed by atoms with van der Waals surface area (Å²) in [5.74, 6) is -0.583. The van der Waals surface area contributed by atoms with Gasteiger partial charge in [-0.25, -0.2) is 13.8 Å². The van der Waals surface area contributed by atoms with E-state index in [1.807, 2.05) is 113 Å². The van der Waals surface area contributed by atoms with Gasteiger partial charge in [-0.1, -0.05) is 385 Å². The Labute approximate surface area is 840 Å². The van der Waals surface area contributed by atoms with Crippen LogP contribution in [-0.2, 0) is 49.2 Å². The molecule has 2 aromatic heterocycles. The SMILES string of the molecule is CCCCCCCCCCCCCCCCCCOc1cc(CC(CC(=O)O)(C(=O)O[C@H]2[C@@H](O[Si](C)(C)C(C)(C)C)[C@H](n3ccc(=O)[nH]c3=O)O[C@@H]2COC(c2ccccc2)(c2ccc(OC)cc2)c2ccc(OC)cc2)[C@@]2(P=[O+]CCC#N)C[C@H](n3cc(C)c(=O)[nH]c3=O)O[C@@H]2CO)cc(OCCCCCCCCCCCCCCCCCC)c1OCCCCCCCCCCCCCCCCCC. The van der Waals surface area contributed by atoms with Crippen LogP contribution in [0.1, 0.15) is 409 Å². The highest BCUT2D eigenvalue weighted by molar-refractivity contribution is 7.26. The van der Waals surface area contributed by atoms with Crippen LogP contribution < -0.4 is 46.2 Å². The molecule has 140 heavy (non-hydrogen) atoms. The van der Waals surface area contributed by atoms with Gasteiger partial charge in [0.2, 0.25) is 5.75 Å². The van der Waals surface area contributed by atoms with Gasteiger partial charge in [-0.2, -0.15) is 5.26 Å². The van der Waals surface area contributed by atoms with Gasteiger partial charge < -0.3 is 57.3 Å². The topological polar surface area (TPSA) is 312 Å². The van der Waals surface area contributed by atoms with Crippen LogP contribution in [0.4, 0.5) is 0 Å². The molecule has 4 aromatic carbocycles. The van der Waals surface area contributed by atoms with Crippen LogP contribution in [-0.4, -0.2) is 133 Å². The van der Waals surface area contributed by atoms with E-state index in [2.05, 4.69) is 36.8 Å². The molecule has 8 rings (SSSR count). The first-order chi connectivity index (χ1) is 67.9. The number of ether oxygens (including phenoxy) is 9. The van der Waals surface area contributed by atoms with Crippen LogP contribution >= 0.6 is 8.46 Å². The van der Waals surface area contributed by atoms with Crippen molar-refractivity contribution in [1.29, 1.82) is 5.26 Å². The summed E-state index contributed by atoms with van der Waals surface area (Å²) in [4.78, 5) is 94.1. The number of carboxylic acid groups (broad SMARTS) is 1. The number of nitriles is 1. The Balaban J connectivity index is 1.29. The first kappa shape index (κ1) is 117. The minimum Gasteiger partial charge on any atom is -0.497 e. The Bertz CT molecular complexity index is 4690. The number of esters is 1. The summed E-state index contributed by atoms with van der Waals surface area (Å²) in [6.07, 6.45) is 48.6. The van der Waals surface area contributed by atoms with Crippen LogP contribution in [0, 0.1) is 23.7 Å². The lowest BCUT2D eigenvalue weighted by Gasteiger charge is -2.44. The average Bonchev–Trinajstić information content (AvgIpc) is 1.48. The van der Waals surface area contributed by atoms with Crippen molar-refractivity contribution in [3.63, 3.8) is 0 Å². The Morgan fingerprint density at radius 1 is 0.550 bits per heavy atom. The van der Waals surface area contributed by atoms with Gasteiger partial charge in [0.1, 0.15) is 53.5 Å². The number of aliphatic carboxylic acids is 1. The van der Waals surface area contributed by atoms with Crippen molar-refractivity contribution in [2.24, 2.45) is 5.41 Å². The lowest BCUT2D eigenvalue weighted by molar-refractivity contribution is -0.178. The molecule has 26 heteroatoms. The molecule has 1 unspecified atom stereocenters. The van der Waals surface area contributed by atoms with Crippen LogP contribution in [0.25, 0.3) is 0 Å². The average molecular weight is 1980 g/mol. The predicted octanol–water partition coefficient (Wildman–Crippen LogP) is 27.0. The number of benzene rings is 4. The molecule has 0 radical (unpaired) electrons. The smallest absolute Gasteiger partial charge is 0.404 e. The number of carbonyl (C=O) groups is 2. The fraction of sp³-hybridized carbons (Fsp3) is 0.693. The van der Waals surface area contributed by atoms with Gasteiger partial charge in [0, 0.05) is 30.4 Å².